The highest BCUT2D eigenvalue weighted by Crippen LogP contribution is 2.25. The zero-order valence-corrected chi connectivity index (χ0v) is 9.84. The highest BCUT2D eigenvalue weighted by molar-refractivity contribution is 5.56. The van der Waals surface area contributed by atoms with Crippen LogP contribution in [0.5, 0.6) is 0 Å². The Hall–Kier alpha value is -1.69. The Labute approximate surface area is 99.2 Å². The first kappa shape index (κ1) is 11.8. The summed E-state index contributed by atoms with van der Waals surface area (Å²) in [4.78, 5) is 14.6. The number of nitrogens with one attached hydrogen (secondary N) is 1. The first-order valence-electron chi connectivity index (χ1n) is 5.58. The van der Waals surface area contributed by atoms with Crippen LogP contribution in [0.25, 0.3) is 0 Å². The normalized spacial score (nSPS) is 23.6. The van der Waals surface area contributed by atoms with Gasteiger partial charge in [0.15, 0.2) is 0 Å². The highest BCUT2D eigenvalue weighted by atomic mass is 16.6. The minimum atomic E-state index is -0.421. The van der Waals surface area contributed by atoms with Crippen molar-refractivity contribution in [2.45, 2.75) is 32.4 Å². The Morgan fingerprint density at radius 2 is 2.35 bits per heavy atom. The van der Waals surface area contributed by atoms with Crippen LogP contribution in [-0.4, -0.2) is 28.7 Å². The number of pyridine rings is 1. The van der Waals surface area contributed by atoms with Crippen LogP contribution in [0.3, 0.4) is 0 Å². The summed E-state index contributed by atoms with van der Waals surface area (Å²) in [5.41, 5.74) is 0.763. The summed E-state index contributed by atoms with van der Waals surface area (Å²) in [6, 6.07) is 3.20. The Bertz CT molecular complexity index is 436. The van der Waals surface area contributed by atoms with E-state index >= 15 is 0 Å². The van der Waals surface area contributed by atoms with Crippen molar-refractivity contribution in [3.63, 3.8) is 0 Å². The molecule has 0 bridgehead atoms. The molecule has 1 aromatic heterocycles. The van der Waals surface area contributed by atoms with E-state index in [9.17, 15) is 10.1 Å². The number of nitrogens with zero attached hydrogens (tertiary/aromatic N) is 2. The maximum Gasteiger partial charge on any atom is 0.311 e. The SMILES string of the molecule is Cc1ccc([N+](=O)[O-])c(NC2CCOC2C)n1. The fraction of sp³-hybridized carbons (Fsp3) is 0.545. The van der Waals surface area contributed by atoms with Gasteiger partial charge in [-0.1, -0.05) is 0 Å². The van der Waals surface area contributed by atoms with E-state index < -0.39 is 4.92 Å². The summed E-state index contributed by atoms with van der Waals surface area (Å²) >= 11 is 0. The van der Waals surface area contributed by atoms with Crippen LogP contribution in [0, 0.1) is 17.0 Å². The maximum atomic E-state index is 10.9. The standard InChI is InChI=1S/C11H15N3O3/c1-7-3-4-10(14(15)16)11(12-7)13-9-5-6-17-8(9)2/h3-4,8-9H,5-6H2,1-2H3,(H,12,13). The molecule has 2 atom stereocenters. The highest BCUT2D eigenvalue weighted by Gasteiger charge is 2.27. The molecule has 1 aliphatic rings. The quantitative estimate of drug-likeness (QED) is 0.641. The molecule has 1 aliphatic heterocycles. The Morgan fingerprint density at radius 3 is 2.94 bits per heavy atom. The van der Waals surface area contributed by atoms with Crippen molar-refractivity contribution in [3.05, 3.63) is 27.9 Å². The maximum absolute atomic E-state index is 10.9. The van der Waals surface area contributed by atoms with Gasteiger partial charge in [0, 0.05) is 18.4 Å². The predicted octanol–water partition coefficient (Wildman–Crippen LogP) is 1.89. The van der Waals surface area contributed by atoms with Crippen LogP contribution in [0.1, 0.15) is 19.0 Å². The summed E-state index contributed by atoms with van der Waals surface area (Å²) in [5.74, 6) is 0.331. The second-order valence-corrected chi connectivity index (χ2v) is 4.19. The summed E-state index contributed by atoms with van der Waals surface area (Å²) < 4.78 is 5.41. The Kier molecular flexibility index (Phi) is 3.23. The molecule has 0 aromatic carbocycles. The lowest BCUT2D eigenvalue weighted by Crippen LogP contribution is -2.27. The molecule has 92 valence electrons. The van der Waals surface area contributed by atoms with Gasteiger partial charge in [0.1, 0.15) is 0 Å². The average molecular weight is 237 g/mol. The van der Waals surface area contributed by atoms with E-state index in [-0.39, 0.29) is 17.8 Å². The van der Waals surface area contributed by atoms with Crippen LogP contribution in [-0.2, 0) is 4.74 Å². The van der Waals surface area contributed by atoms with Gasteiger partial charge in [0.25, 0.3) is 0 Å². The molecular formula is C11H15N3O3. The van der Waals surface area contributed by atoms with E-state index in [0.717, 1.165) is 12.1 Å². The van der Waals surface area contributed by atoms with Gasteiger partial charge in [-0.05, 0) is 26.3 Å². The Balaban J connectivity index is 2.24. The van der Waals surface area contributed by atoms with Gasteiger partial charge in [-0.25, -0.2) is 4.98 Å². The second-order valence-electron chi connectivity index (χ2n) is 4.19. The fourth-order valence-electron chi connectivity index (χ4n) is 1.90. The lowest BCUT2D eigenvalue weighted by Gasteiger charge is -2.16. The molecule has 6 heteroatoms. The third kappa shape index (κ3) is 2.52. The molecule has 2 unspecified atom stereocenters. The molecule has 0 radical (unpaired) electrons. The van der Waals surface area contributed by atoms with Gasteiger partial charge >= 0.3 is 5.69 Å². The van der Waals surface area contributed by atoms with E-state index in [1.165, 1.54) is 6.07 Å². The number of aromatic nitrogens is 1. The zero-order valence-electron chi connectivity index (χ0n) is 9.84. The van der Waals surface area contributed by atoms with E-state index in [1.54, 1.807) is 6.07 Å². The topological polar surface area (TPSA) is 77.3 Å². The molecule has 2 rings (SSSR count). The van der Waals surface area contributed by atoms with Crippen LogP contribution in [0.15, 0.2) is 12.1 Å². The van der Waals surface area contributed by atoms with E-state index in [4.69, 9.17) is 4.74 Å². The van der Waals surface area contributed by atoms with Crippen LogP contribution >= 0.6 is 0 Å². The number of anilines is 1. The lowest BCUT2D eigenvalue weighted by molar-refractivity contribution is -0.384. The number of rotatable bonds is 3. The fourth-order valence-corrected chi connectivity index (χ4v) is 1.90. The monoisotopic (exact) mass is 237 g/mol. The van der Waals surface area contributed by atoms with Crippen LogP contribution < -0.4 is 5.32 Å². The van der Waals surface area contributed by atoms with Crippen molar-refractivity contribution in [1.29, 1.82) is 0 Å². The van der Waals surface area contributed by atoms with Crippen LogP contribution in [0.2, 0.25) is 0 Å². The molecule has 1 saturated heterocycles. The molecule has 0 amide bonds. The number of hydrogen-bond donors (Lipinski definition) is 1. The zero-order chi connectivity index (χ0) is 12.4. The van der Waals surface area contributed by atoms with Gasteiger partial charge in [-0.3, -0.25) is 10.1 Å². The molecular weight excluding hydrogens is 222 g/mol. The van der Waals surface area contributed by atoms with Gasteiger partial charge in [0.2, 0.25) is 5.82 Å². The summed E-state index contributed by atoms with van der Waals surface area (Å²) in [6.07, 6.45) is 0.894. The molecule has 2 heterocycles. The van der Waals surface area contributed by atoms with E-state index in [2.05, 4.69) is 10.3 Å². The van der Waals surface area contributed by atoms with E-state index in [0.29, 0.717) is 12.4 Å². The minimum absolute atomic E-state index is 0.00898. The molecule has 1 fully saturated rings. The lowest BCUT2D eigenvalue weighted by atomic mass is 10.1. The Morgan fingerprint density at radius 1 is 1.59 bits per heavy atom. The van der Waals surface area contributed by atoms with Crippen molar-refractivity contribution >= 4 is 11.5 Å². The molecule has 0 aliphatic carbocycles. The third-order valence-electron chi connectivity index (χ3n) is 2.91. The molecule has 0 saturated carbocycles. The van der Waals surface area contributed by atoms with Crippen LogP contribution in [0.4, 0.5) is 11.5 Å². The number of aryl methyl sites for hydroxylation is 1. The predicted molar refractivity (Wildman–Crippen MR) is 63.1 cm³/mol. The third-order valence-corrected chi connectivity index (χ3v) is 2.91. The first-order chi connectivity index (χ1) is 8.08. The molecule has 1 aromatic rings. The molecule has 17 heavy (non-hydrogen) atoms. The summed E-state index contributed by atoms with van der Waals surface area (Å²) in [6.45, 7) is 4.44. The first-order valence-corrected chi connectivity index (χ1v) is 5.58. The van der Waals surface area contributed by atoms with Gasteiger partial charge in [-0.15, -0.1) is 0 Å². The van der Waals surface area contributed by atoms with Crippen molar-refractivity contribution in [2.75, 3.05) is 11.9 Å². The number of ether oxygens (including phenoxy) is 1. The smallest absolute Gasteiger partial charge is 0.311 e. The van der Waals surface area contributed by atoms with E-state index in [1.807, 2.05) is 13.8 Å². The number of hydrogen-bond acceptors (Lipinski definition) is 5. The second kappa shape index (κ2) is 4.67. The van der Waals surface area contributed by atoms with Crippen molar-refractivity contribution < 1.29 is 9.66 Å². The van der Waals surface area contributed by atoms with Crippen molar-refractivity contribution in [1.82, 2.24) is 4.98 Å². The van der Waals surface area contributed by atoms with Gasteiger partial charge in [-0.2, -0.15) is 0 Å². The molecule has 6 nitrogen and oxygen atoms in total. The van der Waals surface area contributed by atoms with Gasteiger partial charge < -0.3 is 10.1 Å². The van der Waals surface area contributed by atoms with Gasteiger partial charge in [0.05, 0.1) is 17.1 Å². The van der Waals surface area contributed by atoms with Crippen molar-refractivity contribution in [2.24, 2.45) is 0 Å². The largest absolute Gasteiger partial charge is 0.376 e. The minimum Gasteiger partial charge on any atom is -0.376 e. The average Bonchev–Trinajstić information content (AvgIpc) is 2.64. The number of nitro groups is 1. The molecule has 1 N–H and O–H groups in total. The summed E-state index contributed by atoms with van der Waals surface area (Å²) in [7, 11) is 0. The summed E-state index contributed by atoms with van der Waals surface area (Å²) in [5, 5.41) is 14.0. The van der Waals surface area contributed by atoms with Crippen molar-refractivity contribution in [3.8, 4) is 0 Å². The molecule has 0 spiro atoms.